The van der Waals surface area contributed by atoms with Gasteiger partial charge in [0.15, 0.2) is 48.6 Å². The fraction of sp³-hybridized carbons (Fsp3) is 0.121. The number of carbonyl (C=O) groups excluding carboxylic acids is 1. The normalized spacial score (nSPS) is 11.9. The van der Waals surface area contributed by atoms with E-state index >= 15 is 0 Å². The Labute approximate surface area is 511 Å². The van der Waals surface area contributed by atoms with Crippen molar-refractivity contribution in [3.05, 3.63) is 90.5 Å². The van der Waals surface area contributed by atoms with E-state index in [2.05, 4.69) is 43.5 Å². The van der Waals surface area contributed by atoms with Crippen LogP contribution in [-0.2, 0) is 68.3 Å². The zero-order chi connectivity index (χ0) is 50.0. The summed E-state index contributed by atoms with van der Waals surface area (Å²) in [4.78, 5) is 11.1. The molecule has 38 heteroatoms. The molecule has 0 spiro atoms. The monoisotopic (exact) mass is 1260 g/mol. The molecule has 0 heterocycles. The summed E-state index contributed by atoms with van der Waals surface area (Å²) in [5, 5.41) is 43.0. The average molecular weight is 1260 g/mol. The Hall–Kier alpha value is -0.930. The minimum atomic E-state index is -5.38. The molecule has 0 bridgehead atoms. The van der Waals surface area contributed by atoms with Gasteiger partial charge in [0, 0.05) is 11.3 Å². The zero-order valence-corrected chi connectivity index (χ0v) is 51.7. The number of aromatic hydroxyl groups is 1. The predicted octanol–water partition coefficient (Wildman–Crippen LogP) is -7.83. The van der Waals surface area contributed by atoms with Gasteiger partial charge in [-0.05, 0) is 90.3 Å². The Bertz CT molecular complexity index is 3280. The van der Waals surface area contributed by atoms with Gasteiger partial charge in [-0.1, -0.05) is 0 Å². The van der Waals surface area contributed by atoms with Crippen molar-refractivity contribution in [2.75, 3.05) is 35.8 Å². The van der Waals surface area contributed by atoms with E-state index < -0.39 is 109 Å². The molecule has 0 aliphatic heterocycles. The minimum absolute atomic E-state index is 0. The summed E-state index contributed by atoms with van der Waals surface area (Å²) in [5.41, 5.74) is 4.59. The first-order valence-corrected chi connectivity index (χ1v) is 26.2. The number of phenols is 1. The molecule has 0 fully saturated rings. The number of fused-ring (bicyclic) bond motifs is 1. The molecule has 5 aromatic rings. The predicted molar refractivity (Wildman–Crippen MR) is 232 cm³/mol. The number of benzene rings is 5. The van der Waals surface area contributed by atoms with E-state index in [9.17, 15) is 73.8 Å². The van der Waals surface area contributed by atoms with E-state index in [1.165, 1.54) is 36.4 Å². The second-order valence-corrected chi connectivity index (χ2v) is 20.9. The van der Waals surface area contributed by atoms with Crippen molar-refractivity contribution in [3.8, 4) is 5.75 Å². The maximum Gasteiger partial charge on any atom is 1.00 e. The zero-order valence-electron chi connectivity index (χ0n) is 36.7. The summed E-state index contributed by atoms with van der Waals surface area (Å²) in [6.45, 7) is -1.85. The van der Waals surface area contributed by atoms with Crippen LogP contribution >= 0.6 is 35.2 Å². The summed E-state index contributed by atoms with van der Waals surface area (Å²) in [7, 11) is -23.8. The topological polar surface area (TPSA) is 425 Å². The van der Waals surface area contributed by atoms with Crippen LogP contribution in [0.2, 0.25) is 0 Å². The first-order chi connectivity index (χ1) is 31.3. The molecule has 0 atom stereocenters. The molecule has 0 aliphatic rings. The van der Waals surface area contributed by atoms with Gasteiger partial charge in [0.2, 0.25) is 20.8 Å². The van der Waals surface area contributed by atoms with E-state index in [4.69, 9.17) is 5.73 Å². The number of amides is 1. The molecule has 71 heavy (non-hydrogen) atoms. The average Bonchev–Trinajstić information content (AvgIpc) is 3.24. The summed E-state index contributed by atoms with van der Waals surface area (Å²) in [5.74, 6) is -3.19. The molecule has 0 aliphatic carbocycles. The van der Waals surface area contributed by atoms with Gasteiger partial charge in [-0.2, -0.15) is 17.4 Å². The van der Waals surface area contributed by atoms with Gasteiger partial charge in [-0.15, -0.1) is 10.2 Å². The molecule has 0 aromatic heterocycles. The molecule has 0 unspecified atom stereocenters. The number of nitrogens with two attached hydrogens (primary N) is 1. The molecule has 362 valence electrons. The second kappa shape index (κ2) is 30.7. The number of carbonyl (C=O) groups is 1. The summed E-state index contributed by atoms with van der Waals surface area (Å²) in [6.07, 6.45) is 0. The number of hydrogen-bond donors (Lipinski definition) is 3. The van der Waals surface area contributed by atoms with Crippen LogP contribution in [0.1, 0.15) is 10.4 Å². The van der Waals surface area contributed by atoms with Gasteiger partial charge in [-0.25, -0.2) is 42.1 Å². The van der Waals surface area contributed by atoms with Gasteiger partial charge < -0.3 is 35.1 Å². The number of anilines is 2. The number of hydrogen-bond acceptors (Lipinski definition) is 26. The third kappa shape index (κ3) is 21.2. The van der Waals surface area contributed by atoms with Gasteiger partial charge in [0.05, 0.1) is 78.8 Å². The summed E-state index contributed by atoms with van der Waals surface area (Å²) < 4.78 is 172. The van der Waals surface area contributed by atoms with Crippen molar-refractivity contribution in [1.82, 2.24) is 0 Å². The molecule has 26 nitrogen and oxygen atoms in total. The van der Waals surface area contributed by atoms with E-state index in [0.717, 1.165) is 48.5 Å². The van der Waals surface area contributed by atoms with E-state index in [0.29, 0.717) is 23.2 Å². The van der Waals surface area contributed by atoms with Crippen molar-refractivity contribution < 1.29 is 210 Å². The molecule has 5 aromatic carbocycles. The van der Waals surface area contributed by atoms with E-state index in [-0.39, 0.29) is 178 Å². The minimum Gasteiger partial charge on any atom is -0.744 e. The standard InChI is InChI=1S/C33H30N6O20S6.FI.4Na/c34-29-28-20(17-26(60-59-58-42)30(32(28)40)38-36-23-7-11-25(12-8-23)62(45,46)16-14-57-65(53,54)55)18-27(63(47,48)49)31(29)39-37-22-3-1-19(2-4-22)33(41)35-21-5-9-24(10-6-21)61(43,44)15-13-56-64(50,51)52;1-2;;;;/h1-12,17-18,40,42H,13-16,34H2,(H,35,41)(H,47,48,49)(H,50,51,52)(H,53,54,55);;;;;/q;;4*+1/p-4. The molecular formula is C33H26FIN6Na4O20S6. The van der Waals surface area contributed by atoms with Gasteiger partial charge in [0.1, 0.15) is 21.5 Å². The number of azo groups is 2. The van der Waals surface area contributed by atoms with Crippen molar-refractivity contribution in [2.24, 2.45) is 20.5 Å². The van der Waals surface area contributed by atoms with Crippen LogP contribution in [0, 0.1) is 0 Å². The molecule has 0 saturated heterocycles. The van der Waals surface area contributed by atoms with Gasteiger partial charge in [-0.3, -0.25) is 18.2 Å². The molecule has 5 rings (SSSR count). The fourth-order valence-corrected chi connectivity index (χ4v) is 9.42. The molecule has 0 radical (unpaired) electrons. The third-order valence-corrected chi connectivity index (χ3v) is 14.0. The number of nitrogens with one attached hydrogen (secondary N) is 1. The van der Waals surface area contributed by atoms with E-state index in [1.54, 1.807) is 0 Å². The number of nitrogen functional groups attached to an aromatic ring is 1. The molecular weight excluding hydrogens is 1230 g/mol. The number of sulfone groups is 2. The van der Waals surface area contributed by atoms with Crippen LogP contribution < -0.4 is 135 Å². The van der Waals surface area contributed by atoms with E-state index in [1.807, 2.05) is 0 Å². The largest absolute Gasteiger partial charge is 1.00 e. The van der Waals surface area contributed by atoms with Crippen LogP contribution in [0.15, 0.2) is 125 Å². The first-order valence-electron chi connectivity index (χ1n) is 17.2. The van der Waals surface area contributed by atoms with Crippen molar-refractivity contribution in [2.45, 2.75) is 19.6 Å². The quantitative estimate of drug-likeness (QED) is 0.00750. The van der Waals surface area contributed by atoms with Crippen LogP contribution in [0.4, 0.5) is 37.0 Å². The van der Waals surface area contributed by atoms with Gasteiger partial charge in [0.25, 0.3) is 5.91 Å². The first kappa shape index (κ1) is 70.1. The number of halogens is 2. The smallest absolute Gasteiger partial charge is 0.744 e. The fourth-order valence-electron chi connectivity index (χ4n) is 5.31. The van der Waals surface area contributed by atoms with Crippen LogP contribution in [0.5, 0.6) is 5.75 Å². The van der Waals surface area contributed by atoms with Crippen LogP contribution in [0.3, 0.4) is 0 Å². The molecule has 0 saturated carbocycles. The Balaban J connectivity index is 0.00000806. The number of nitrogens with zero attached hydrogens (tertiary/aromatic N) is 4. The Morgan fingerprint density at radius 1 is 0.676 bits per heavy atom. The van der Waals surface area contributed by atoms with Gasteiger partial charge >= 0.3 is 118 Å². The molecule has 4 N–H and O–H groups in total. The number of phenolic OH excluding ortho intramolecular Hbond substituents is 1. The van der Waals surface area contributed by atoms with Crippen LogP contribution in [-0.4, -0.2) is 91.5 Å². The SMILES string of the molecule is FI.Nc1c(N=Nc2ccc(C(=O)Nc3ccc(S(=O)(=O)CCOS(=O)(=O)[O-])cc3)cc2)c(S(=O)(=O)[O-])cc2cc(SOO[O-])c(N=Nc3ccc(S(=O)(=O)CCOS(=O)(=O)[O-])cc3)c(O)c12.[Na+].[Na+].[Na+].[Na+]. The third-order valence-electron chi connectivity index (χ3n) is 8.22. The van der Waals surface area contributed by atoms with Crippen molar-refractivity contribution in [1.29, 1.82) is 0 Å². The molecule has 1 amide bonds. The maximum atomic E-state index is 12.9. The van der Waals surface area contributed by atoms with Crippen molar-refractivity contribution in [3.63, 3.8) is 0 Å². The summed E-state index contributed by atoms with van der Waals surface area (Å²) >= 11 is 0.822. The number of rotatable bonds is 20. The second-order valence-electron chi connectivity index (χ2n) is 12.5. The summed E-state index contributed by atoms with van der Waals surface area (Å²) in [6, 6.07) is 16.1. The Morgan fingerprint density at radius 2 is 1.11 bits per heavy atom. The Kier molecular flexibility index (Phi) is 30.3. The van der Waals surface area contributed by atoms with Crippen LogP contribution in [0.25, 0.3) is 10.8 Å². The van der Waals surface area contributed by atoms with Crippen molar-refractivity contribution >= 4 is 137 Å². The Morgan fingerprint density at radius 3 is 1.55 bits per heavy atom. The maximum absolute atomic E-state index is 12.9.